The first-order valence-electron chi connectivity index (χ1n) is 17.3. The Morgan fingerprint density at radius 1 is 0.660 bits per heavy atom. The van der Waals surface area contributed by atoms with Gasteiger partial charge in [-0.1, -0.05) is 70.4 Å². The summed E-state index contributed by atoms with van der Waals surface area (Å²) < 4.78 is 26.6. The highest BCUT2D eigenvalue weighted by atomic mass is 16.7. The van der Waals surface area contributed by atoms with Crippen LogP contribution in [-0.2, 0) is 28.5 Å². The highest BCUT2D eigenvalue weighted by Gasteiger charge is 2.47. The van der Waals surface area contributed by atoms with Crippen LogP contribution in [0.3, 0.4) is 0 Å². The van der Waals surface area contributed by atoms with E-state index < -0.39 is 93.3 Å². The molecule has 0 saturated carbocycles. The summed E-state index contributed by atoms with van der Waals surface area (Å²) in [6, 6.07) is 0. The monoisotopic (exact) mass is 680 g/mol. The fraction of sp³-hybridized carbons (Fsp3) is 0.909. The van der Waals surface area contributed by atoms with Crippen molar-refractivity contribution in [3.63, 3.8) is 0 Å². The average Bonchev–Trinajstić information content (AvgIpc) is 3.06. The van der Waals surface area contributed by atoms with Crippen LogP contribution < -0.4 is 0 Å². The van der Waals surface area contributed by atoms with Crippen LogP contribution in [-0.4, -0.2) is 141 Å². The molecule has 0 bridgehead atoms. The predicted molar refractivity (Wildman–Crippen MR) is 169 cm³/mol. The molecule has 0 amide bonds. The largest absolute Gasteiger partial charge is 0.463 e. The highest BCUT2D eigenvalue weighted by Crippen LogP contribution is 2.26. The molecule has 0 aliphatic carbocycles. The number of allylic oxidation sites excluding steroid dienone is 2. The van der Waals surface area contributed by atoms with Gasteiger partial charge in [0.05, 0.1) is 19.8 Å². The number of hydrogen-bond donors (Lipinski definition) is 8. The van der Waals surface area contributed by atoms with Crippen LogP contribution in [0.15, 0.2) is 12.2 Å². The van der Waals surface area contributed by atoms with Gasteiger partial charge in [-0.05, 0) is 32.1 Å². The maximum atomic E-state index is 12.1. The third-order valence-electron chi connectivity index (χ3n) is 8.47. The maximum absolute atomic E-state index is 12.1. The van der Waals surface area contributed by atoms with Crippen LogP contribution in [0.4, 0.5) is 0 Å². The van der Waals surface area contributed by atoms with E-state index in [1.54, 1.807) is 0 Å². The molecule has 11 unspecified atom stereocenters. The normalized spacial score (nSPS) is 32.1. The van der Waals surface area contributed by atoms with Gasteiger partial charge in [0.2, 0.25) is 0 Å². The SMILES string of the molecule is CCCCCCCCC=CCCCCCCCC(=O)OCC(O)COC1OC(COC2OC(CO)C(O)C(O)C2O)C(O)C(O)C1O. The first-order valence-corrected chi connectivity index (χ1v) is 17.3. The summed E-state index contributed by atoms with van der Waals surface area (Å²) in [5.41, 5.74) is 0. The van der Waals surface area contributed by atoms with Gasteiger partial charge in [0, 0.05) is 6.42 Å². The summed E-state index contributed by atoms with van der Waals surface area (Å²) in [4.78, 5) is 12.1. The third kappa shape index (κ3) is 15.4. The number of carbonyl (C=O) groups is 1. The molecule has 0 spiro atoms. The second kappa shape index (κ2) is 24.0. The molecule has 276 valence electrons. The van der Waals surface area contributed by atoms with Gasteiger partial charge in [-0.3, -0.25) is 4.79 Å². The molecule has 0 aromatic rings. The van der Waals surface area contributed by atoms with Crippen LogP contribution in [0.25, 0.3) is 0 Å². The molecule has 2 heterocycles. The Morgan fingerprint density at radius 2 is 1.17 bits per heavy atom. The topological polar surface area (TPSA) is 225 Å². The summed E-state index contributed by atoms with van der Waals surface area (Å²) in [6.07, 6.45) is 3.00. The lowest BCUT2D eigenvalue weighted by Gasteiger charge is -2.42. The lowest BCUT2D eigenvalue weighted by Crippen LogP contribution is -2.61. The number of ether oxygens (including phenoxy) is 5. The van der Waals surface area contributed by atoms with Crippen LogP contribution in [0, 0.1) is 0 Å². The molecular weight excluding hydrogens is 620 g/mol. The Morgan fingerprint density at radius 3 is 1.77 bits per heavy atom. The molecule has 2 saturated heterocycles. The molecule has 2 aliphatic rings. The lowest BCUT2D eigenvalue weighted by molar-refractivity contribution is -0.332. The minimum Gasteiger partial charge on any atom is -0.463 e. The first kappa shape index (κ1) is 41.9. The van der Waals surface area contributed by atoms with Gasteiger partial charge in [-0.15, -0.1) is 0 Å². The van der Waals surface area contributed by atoms with Gasteiger partial charge in [0.15, 0.2) is 12.6 Å². The van der Waals surface area contributed by atoms with E-state index in [1.165, 1.54) is 38.5 Å². The standard InChI is InChI=1S/C33H60O14/c1-2-3-4-5-6-7-8-9-10-11-12-13-14-15-16-17-25(36)43-19-22(35)20-44-32-31(42)29(40)27(38)24(47-32)21-45-33-30(41)28(39)26(37)23(18-34)46-33/h9-10,22-24,26-35,37-42H,2-8,11-21H2,1H3. The van der Waals surface area contributed by atoms with Crippen molar-refractivity contribution in [3.05, 3.63) is 12.2 Å². The lowest BCUT2D eigenvalue weighted by atomic mass is 9.98. The second-order valence-electron chi connectivity index (χ2n) is 12.5. The van der Waals surface area contributed by atoms with Crippen molar-refractivity contribution in [2.75, 3.05) is 26.4 Å². The van der Waals surface area contributed by atoms with Gasteiger partial charge in [-0.2, -0.15) is 0 Å². The van der Waals surface area contributed by atoms with Crippen LogP contribution in [0.1, 0.15) is 96.8 Å². The van der Waals surface area contributed by atoms with Gasteiger partial charge >= 0.3 is 5.97 Å². The molecule has 8 N–H and O–H groups in total. The van der Waals surface area contributed by atoms with E-state index in [2.05, 4.69) is 19.1 Å². The summed E-state index contributed by atoms with van der Waals surface area (Å²) in [7, 11) is 0. The number of aliphatic hydroxyl groups excluding tert-OH is 8. The number of esters is 1. The Bertz CT molecular complexity index is 844. The van der Waals surface area contributed by atoms with Crippen LogP contribution in [0.5, 0.6) is 0 Å². The van der Waals surface area contributed by atoms with Crippen LogP contribution in [0.2, 0.25) is 0 Å². The molecule has 0 aromatic carbocycles. The molecular formula is C33H60O14. The van der Waals surface area contributed by atoms with Crippen molar-refractivity contribution in [1.82, 2.24) is 0 Å². The number of unbranched alkanes of at least 4 members (excludes halogenated alkanes) is 11. The molecule has 14 heteroatoms. The summed E-state index contributed by atoms with van der Waals surface area (Å²) >= 11 is 0. The van der Waals surface area contributed by atoms with Crippen molar-refractivity contribution >= 4 is 5.97 Å². The molecule has 2 fully saturated rings. The minimum absolute atomic E-state index is 0.233. The molecule has 47 heavy (non-hydrogen) atoms. The van der Waals surface area contributed by atoms with E-state index in [1.807, 2.05) is 0 Å². The second-order valence-corrected chi connectivity index (χ2v) is 12.5. The van der Waals surface area contributed by atoms with Gasteiger partial charge in [0.25, 0.3) is 0 Å². The zero-order chi connectivity index (χ0) is 34.6. The average molecular weight is 681 g/mol. The van der Waals surface area contributed by atoms with Gasteiger partial charge < -0.3 is 64.5 Å². The van der Waals surface area contributed by atoms with E-state index in [-0.39, 0.29) is 13.0 Å². The fourth-order valence-electron chi connectivity index (χ4n) is 5.44. The maximum Gasteiger partial charge on any atom is 0.305 e. The molecule has 2 rings (SSSR count). The first-order chi connectivity index (χ1) is 22.6. The quantitative estimate of drug-likeness (QED) is 0.0397. The summed E-state index contributed by atoms with van der Waals surface area (Å²) in [6.45, 7) is 0.287. The zero-order valence-electron chi connectivity index (χ0n) is 27.8. The third-order valence-corrected chi connectivity index (χ3v) is 8.47. The molecule has 11 atom stereocenters. The van der Waals surface area contributed by atoms with Crippen molar-refractivity contribution < 1.29 is 69.3 Å². The van der Waals surface area contributed by atoms with E-state index >= 15 is 0 Å². The number of hydrogen-bond acceptors (Lipinski definition) is 14. The number of aliphatic hydroxyl groups is 8. The van der Waals surface area contributed by atoms with Crippen molar-refractivity contribution in [1.29, 1.82) is 0 Å². The van der Waals surface area contributed by atoms with Crippen molar-refractivity contribution in [3.8, 4) is 0 Å². The summed E-state index contributed by atoms with van der Waals surface area (Å²) in [5.74, 6) is -0.445. The predicted octanol–water partition coefficient (Wildman–Crippen LogP) is 0.569. The van der Waals surface area contributed by atoms with Crippen molar-refractivity contribution in [2.45, 2.75) is 164 Å². The van der Waals surface area contributed by atoms with Crippen LogP contribution >= 0.6 is 0 Å². The number of rotatable bonds is 24. The molecule has 2 aliphatic heterocycles. The minimum atomic E-state index is -1.72. The Balaban J connectivity index is 1.57. The van der Waals surface area contributed by atoms with E-state index in [0.717, 1.165) is 38.5 Å². The Hall–Kier alpha value is -1.27. The molecule has 0 aromatic heterocycles. The zero-order valence-corrected chi connectivity index (χ0v) is 27.8. The van der Waals surface area contributed by atoms with E-state index in [9.17, 15) is 45.6 Å². The van der Waals surface area contributed by atoms with E-state index in [0.29, 0.717) is 6.42 Å². The Labute approximate surface area is 278 Å². The van der Waals surface area contributed by atoms with Crippen molar-refractivity contribution in [2.24, 2.45) is 0 Å². The summed E-state index contributed by atoms with van der Waals surface area (Å²) in [5, 5.41) is 80.3. The molecule has 14 nitrogen and oxygen atoms in total. The fourth-order valence-corrected chi connectivity index (χ4v) is 5.44. The highest BCUT2D eigenvalue weighted by molar-refractivity contribution is 5.69. The number of carbonyl (C=O) groups excluding carboxylic acids is 1. The van der Waals surface area contributed by atoms with Gasteiger partial charge in [0.1, 0.15) is 61.5 Å². The smallest absolute Gasteiger partial charge is 0.305 e. The molecule has 0 radical (unpaired) electrons. The Kier molecular flexibility index (Phi) is 21.4. The van der Waals surface area contributed by atoms with Gasteiger partial charge in [-0.25, -0.2) is 0 Å². The van der Waals surface area contributed by atoms with E-state index in [4.69, 9.17) is 23.7 Å².